The van der Waals surface area contributed by atoms with Crippen LogP contribution in [0.15, 0.2) is 17.1 Å². The van der Waals surface area contributed by atoms with Gasteiger partial charge in [0.2, 0.25) is 0 Å². The number of likely N-dealkylation sites (tertiary alicyclic amines) is 1. The molecule has 2 aliphatic heterocycles. The van der Waals surface area contributed by atoms with Gasteiger partial charge >= 0.3 is 0 Å². The van der Waals surface area contributed by atoms with Crippen molar-refractivity contribution in [3.8, 4) is 0 Å². The number of aromatic nitrogens is 5. The third-order valence-electron chi connectivity index (χ3n) is 5.28. The topological polar surface area (TPSA) is 92.2 Å². The Labute approximate surface area is 158 Å². The Morgan fingerprint density at radius 1 is 1.30 bits per heavy atom. The molecule has 9 nitrogen and oxygen atoms in total. The van der Waals surface area contributed by atoms with Gasteiger partial charge in [-0.3, -0.25) is 14.8 Å². The second kappa shape index (κ2) is 8.18. The molecule has 1 atom stereocenters. The molecule has 0 aromatic carbocycles. The van der Waals surface area contributed by atoms with Crippen molar-refractivity contribution >= 4 is 5.69 Å². The standard InChI is InChI=1S/C18H27N7O2/c1-2-16-20-17(22-21-16)13-23-5-3-4-14(12-23)25-18(26)10-15(11-19-25)24-6-8-27-9-7-24/h10-11,14H,2-9,12-13H2,1H3,(H,20,21,22)/t14-/m0/s1. The van der Waals surface area contributed by atoms with Gasteiger partial charge in [0.05, 0.1) is 37.7 Å². The molecule has 2 saturated heterocycles. The van der Waals surface area contributed by atoms with Crippen LogP contribution >= 0.6 is 0 Å². The first-order valence-electron chi connectivity index (χ1n) is 9.77. The fourth-order valence-electron chi connectivity index (χ4n) is 3.83. The molecule has 2 aromatic rings. The Balaban J connectivity index is 1.43. The van der Waals surface area contributed by atoms with Crippen LogP contribution in [0.3, 0.4) is 0 Å². The lowest BCUT2D eigenvalue weighted by molar-refractivity contribution is 0.122. The number of nitrogens with zero attached hydrogens (tertiary/aromatic N) is 6. The second-order valence-electron chi connectivity index (χ2n) is 7.18. The zero-order valence-electron chi connectivity index (χ0n) is 15.8. The Morgan fingerprint density at radius 3 is 2.89 bits per heavy atom. The summed E-state index contributed by atoms with van der Waals surface area (Å²) in [6, 6.07) is 1.81. The third kappa shape index (κ3) is 4.19. The van der Waals surface area contributed by atoms with Gasteiger partial charge in [0.15, 0.2) is 0 Å². The van der Waals surface area contributed by atoms with Crippen LogP contribution < -0.4 is 10.5 Å². The van der Waals surface area contributed by atoms with Gasteiger partial charge in [-0.05, 0) is 19.4 Å². The molecule has 0 saturated carbocycles. The number of H-pyrrole nitrogens is 1. The minimum atomic E-state index is -0.0289. The number of aromatic amines is 1. The van der Waals surface area contributed by atoms with Crippen LogP contribution in [0.1, 0.15) is 37.5 Å². The molecule has 0 unspecified atom stereocenters. The lowest BCUT2D eigenvalue weighted by Crippen LogP contribution is -2.41. The maximum Gasteiger partial charge on any atom is 0.269 e. The van der Waals surface area contributed by atoms with Crippen molar-refractivity contribution in [3.63, 3.8) is 0 Å². The van der Waals surface area contributed by atoms with E-state index in [0.717, 1.165) is 69.3 Å². The average Bonchev–Trinajstić information content (AvgIpc) is 3.16. The molecule has 0 bridgehead atoms. The predicted molar refractivity (Wildman–Crippen MR) is 101 cm³/mol. The first kappa shape index (κ1) is 18.1. The zero-order chi connectivity index (χ0) is 18.6. The van der Waals surface area contributed by atoms with Crippen LogP contribution in [-0.2, 0) is 17.7 Å². The zero-order valence-corrected chi connectivity index (χ0v) is 15.8. The number of aryl methyl sites for hydroxylation is 1. The summed E-state index contributed by atoms with van der Waals surface area (Å²) < 4.78 is 7.02. The molecular weight excluding hydrogens is 346 g/mol. The van der Waals surface area contributed by atoms with E-state index in [0.29, 0.717) is 13.2 Å². The summed E-state index contributed by atoms with van der Waals surface area (Å²) in [6.45, 7) is 7.57. The van der Waals surface area contributed by atoms with E-state index < -0.39 is 0 Å². The minimum absolute atomic E-state index is 0.0289. The van der Waals surface area contributed by atoms with Crippen molar-refractivity contribution < 1.29 is 4.74 Å². The number of morpholine rings is 1. The number of ether oxygens (including phenoxy) is 1. The molecule has 4 rings (SSSR count). The highest BCUT2D eigenvalue weighted by Crippen LogP contribution is 2.21. The maximum absolute atomic E-state index is 12.7. The number of hydrogen-bond acceptors (Lipinski definition) is 7. The molecule has 146 valence electrons. The molecular formula is C18H27N7O2. The van der Waals surface area contributed by atoms with Crippen molar-refractivity contribution in [3.05, 3.63) is 34.3 Å². The number of nitrogens with one attached hydrogen (secondary N) is 1. The summed E-state index contributed by atoms with van der Waals surface area (Å²) in [6.07, 6.45) is 4.65. The highest BCUT2D eigenvalue weighted by atomic mass is 16.5. The molecule has 4 heterocycles. The largest absolute Gasteiger partial charge is 0.378 e. The van der Waals surface area contributed by atoms with E-state index >= 15 is 0 Å². The molecule has 1 N–H and O–H groups in total. The van der Waals surface area contributed by atoms with E-state index in [1.807, 2.05) is 13.1 Å². The Kier molecular flexibility index (Phi) is 5.49. The van der Waals surface area contributed by atoms with Crippen molar-refractivity contribution in [2.45, 2.75) is 38.8 Å². The van der Waals surface area contributed by atoms with E-state index in [2.05, 4.69) is 30.1 Å². The quantitative estimate of drug-likeness (QED) is 0.820. The van der Waals surface area contributed by atoms with Crippen LogP contribution in [0.2, 0.25) is 0 Å². The van der Waals surface area contributed by atoms with Gasteiger partial charge in [-0.1, -0.05) is 6.92 Å². The Bertz CT molecular complexity index is 812. The first-order chi connectivity index (χ1) is 13.2. The van der Waals surface area contributed by atoms with Crippen molar-refractivity contribution in [2.75, 3.05) is 44.3 Å². The van der Waals surface area contributed by atoms with Gasteiger partial charge in [0.25, 0.3) is 5.56 Å². The summed E-state index contributed by atoms with van der Waals surface area (Å²) in [4.78, 5) is 21.7. The minimum Gasteiger partial charge on any atom is -0.378 e. The van der Waals surface area contributed by atoms with Crippen LogP contribution in [0, 0.1) is 0 Å². The molecule has 0 radical (unpaired) electrons. The third-order valence-corrected chi connectivity index (χ3v) is 5.28. The molecule has 27 heavy (non-hydrogen) atoms. The van der Waals surface area contributed by atoms with E-state index in [4.69, 9.17) is 4.74 Å². The van der Waals surface area contributed by atoms with Gasteiger partial charge in [-0.2, -0.15) is 10.2 Å². The molecule has 2 fully saturated rings. The molecule has 0 amide bonds. The summed E-state index contributed by atoms with van der Waals surface area (Å²) in [5.74, 6) is 1.73. The van der Waals surface area contributed by atoms with Crippen molar-refractivity contribution in [1.29, 1.82) is 0 Å². The summed E-state index contributed by atoms with van der Waals surface area (Å²) in [5.41, 5.74) is 0.861. The number of hydrogen-bond donors (Lipinski definition) is 1. The van der Waals surface area contributed by atoms with E-state index in [-0.39, 0.29) is 11.6 Å². The van der Waals surface area contributed by atoms with E-state index in [1.54, 1.807) is 10.7 Å². The molecule has 2 aliphatic rings. The summed E-state index contributed by atoms with van der Waals surface area (Å²) >= 11 is 0. The molecule has 0 aliphatic carbocycles. The number of anilines is 1. The van der Waals surface area contributed by atoms with Crippen LogP contribution in [0.5, 0.6) is 0 Å². The molecule has 9 heteroatoms. The predicted octanol–water partition coefficient (Wildman–Crippen LogP) is 0.598. The maximum atomic E-state index is 12.7. The molecule has 2 aromatic heterocycles. The highest BCUT2D eigenvalue weighted by molar-refractivity contribution is 5.43. The smallest absolute Gasteiger partial charge is 0.269 e. The first-order valence-corrected chi connectivity index (χ1v) is 9.77. The molecule has 0 spiro atoms. The lowest BCUT2D eigenvalue weighted by Gasteiger charge is -2.33. The van der Waals surface area contributed by atoms with E-state index in [1.165, 1.54) is 0 Å². The number of rotatable bonds is 5. The van der Waals surface area contributed by atoms with Crippen LogP contribution in [0.4, 0.5) is 5.69 Å². The second-order valence-corrected chi connectivity index (χ2v) is 7.18. The SMILES string of the molecule is CCc1n[nH]c(CN2CCC[C@H](n3ncc(N4CCOCC4)cc3=O)C2)n1. The van der Waals surface area contributed by atoms with Gasteiger partial charge in [0.1, 0.15) is 11.6 Å². The lowest BCUT2D eigenvalue weighted by atomic mass is 10.1. The van der Waals surface area contributed by atoms with Crippen molar-refractivity contribution in [2.24, 2.45) is 0 Å². The number of piperidine rings is 1. The van der Waals surface area contributed by atoms with Gasteiger partial charge in [-0.25, -0.2) is 9.67 Å². The van der Waals surface area contributed by atoms with Crippen molar-refractivity contribution in [1.82, 2.24) is 29.9 Å². The Hall–Kier alpha value is -2.26. The van der Waals surface area contributed by atoms with Crippen LogP contribution in [0.25, 0.3) is 0 Å². The van der Waals surface area contributed by atoms with E-state index in [9.17, 15) is 4.79 Å². The van der Waals surface area contributed by atoms with Gasteiger partial charge in [0, 0.05) is 32.1 Å². The monoisotopic (exact) mass is 373 g/mol. The van der Waals surface area contributed by atoms with Gasteiger partial charge in [-0.15, -0.1) is 0 Å². The average molecular weight is 373 g/mol. The normalized spacial score (nSPS) is 21.5. The highest BCUT2D eigenvalue weighted by Gasteiger charge is 2.24. The van der Waals surface area contributed by atoms with Crippen LogP contribution in [-0.4, -0.2) is 69.3 Å². The Morgan fingerprint density at radius 2 is 2.15 bits per heavy atom. The van der Waals surface area contributed by atoms with Gasteiger partial charge < -0.3 is 9.64 Å². The fourth-order valence-corrected chi connectivity index (χ4v) is 3.83. The summed E-state index contributed by atoms with van der Waals surface area (Å²) in [7, 11) is 0. The summed E-state index contributed by atoms with van der Waals surface area (Å²) in [5, 5.41) is 11.7. The fraction of sp³-hybridized carbons (Fsp3) is 0.667.